The van der Waals surface area contributed by atoms with Gasteiger partial charge in [0.05, 0.1) is 0 Å². The number of hydrogen-bond acceptors (Lipinski definition) is 3. The summed E-state index contributed by atoms with van der Waals surface area (Å²) in [6.45, 7) is 1.99. The van der Waals surface area contributed by atoms with Crippen LogP contribution in [-0.2, 0) is 11.3 Å². The van der Waals surface area contributed by atoms with Crippen molar-refractivity contribution < 1.29 is 4.79 Å². The van der Waals surface area contributed by atoms with E-state index in [1.54, 1.807) is 6.07 Å². The van der Waals surface area contributed by atoms with Crippen molar-refractivity contribution in [1.82, 2.24) is 5.32 Å². The number of carbonyl (C=O) groups is 1. The van der Waals surface area contributed by atoms with Gasteiger partial charge in [0, 0.05) is 29.1 Å². The summed E-state index contributed by atoms with van der Waals surface area (Å²) in [7, 11) is 0. The molecule has 0 aromatic heterocycles. The van der Waals surface area contributed by atoms with Crippen molar-refractivity contribution in [3.05, 3.63) is 33.8 Å². The maximum atomic E-state index is 11.0. The van der Waals surface area contributed by atoms with Gasteiger partial charge in [-0.15, -0.1) is 0 Å². The molecule has 4 nitrogen and oxygen atoms in total. The number of rotatable bonds is 10. The maximum Gasteiger partial charge on any atom is 0.221 e. The van der Waals surface area contributed by atoms with Crippen LogP contribution in [0, 0.1) is 5.92 Å². The molecule has 1 rings (SSSR count). The highest BCUT2D eigenvalue weighted by Crippen LogP contribution is 2.18. The fraction of sp³-hybridized carbons (Fsp3) is 0.533. The zero-order chi connectivity index (χ0) is 15.7. The molecule has 21 heavy (non-hydrogen) atoms. The zero-order valence-corrected chi connectivity index (χ0v) is 13.6. The smallest absolute Gasteiger partial charge is 0.221 e. The molecule has 5 N–H and O–H groups in total. The lowest BCUT2D eigenvalue weighted by Gasteiger charge is -2.10. The average molecular weight is 332 g/mol. The highest BCUT2D eigenvalue weighted by atomic mass is 35.5. The summed E-state index contributed by atoms with van der Waals surface area (Å²) in [6, 6.07) is 5.53. The second kappa shape index (κ2) is 10.0. The molecule has 1 unspecified atom stereocenters. The topological polar surface area (TPSA) is 81.1 Å². The predicted octanol–water partition coefficient (Wildman–Crippen LogP) is 2.70. The number of benzene rings is 1. The van der Waals surface area contributed by atoms with Crippen LogP contribution in [0.15, 0.2) is 18.2 Å². The Labute approximate surface area is 136 Å². The van der Waals surface area contributed by atoms with E-state index < -0.39 is 0 Å². The quantitative estimate of drug-likeness (QED) is 0.576. The van der Waals surface area contributed by atoms with Crippen molar-refractivity contribution in [1.29, 1.82) is 0 Å². The Kier molecular flexibility index (Phi) is 8.69. The van der Waals surface area contributed by atoms with E-state index in [0.29, 0.717) is 16.6 Å². The molecule has 0 heterocycles. The minimum absolute atomic E-state index is 0.188. The van der Waals surface area contributed by atoms with Crippen LogP contribution in [0.2, 0.25) is 10.0 Å². The third kappa shape index (κ3) is 7.67. The Morgan fingerprint density at radius 3 is 2.38 bits per heavy atom. The summed E-state index contributed by atoms with van der Waals surface area (Å²) in [5.74, 6) is -0.486. The lowest BCUT2D eigenvalue weighted by molar-refractivity contribution is -0.121. The van der Waals surface area contributed by atoms with E-state index in [4.69, 9.17) is 34.7 Å². The second-order valence-electron chi connectivity index (χ2n) is 5.14. The van der Waals surface area contributed by atoms with Gasteiger partial charge in [-0.1, -0.05) is 36.0 Å². The van der Waals surface area contributed by atoms with E-state index in [-0.39, 0.29) is 11.8 Å². The summed E-state index contributed by atoms with van der Waals surface area (Å²) in [4.78, 5) is 11.0. The number of primary amides is 1. The second-order valence-corrected chi connectivity index (χ2v) is 6.01. The van der Waals surface area contributed by atoms with Crippen molar-refractivity contribution in [2.45, 2.75) is 32.2 Å². The Bertz CT molecular complexity index is 434. The molecule has 0 aliphatic carbocycles. The first kappa shape index (κ1) is 18.2. The largest absolute Gasteiger partial charge is 0.369 e. The number of halogens is 2. The van der Waals surface area contributed by atoms with Crippen LogP contribution in [0.1, 0.15) is 31.2 Å². The van der Waals surface area contributed by atoms with E-state index in [2.05, 4.69) is 5.32 Å². The molecule has 0 fully saturated rings. The highest BCUT2D eigenvalue weighted by Gasteiger charge is 2.11. The van der Waals surface area contributed by atoms with Crippen LogP contribution in [0.4, 0.5) is 0 Å². The maximum absolute atomic E-state index is 11.0. The fourth-order valence-electron chi connectivity index (χ4n) is 2.14. The van der Waals surface area contributed by atoms with Crippen molar-refractivity contribution in [2.24, 2.45) is 17.4 Å². The number of hydrogen-bond donors (Lipinski definition) is 3. The van der Waals surface area contributed by atoms with Crippen molar-refractivity contribution in [3.8, 4) is 0 Å². The number of nitrogens with two attached hydrogens (primary N) is 2. The molecule has 1 amide bonds. The average Bonchev–Trinajstić information content (AvgIpc) is 2.40. The third-order valence-electron chi connectivity index (χ3n) is 3.34. The summed E-state index contributed by atoms with van der Waals surface area (Å²) in [5.41, 5.74) is 11.8. The van der Waals surface area contributed by atoms with E-state index in [0.717, 1.165) is 44.3 Å². The van der Waals surface area contributed by atoms with Crippen LogP contribution >= 0.6 is 23.2 Å². The van der Waals surface area contributed by atoms with Crippen molar-refractivity contribution >= 4 is 29.1 Å². The first-order valence-electron chi connectivity index (χ1n) is 7.18. The molecule has 0 radical (unpaired) electrons. The van der Waals surface area contributed by atoms with Gasteiger partial charge in [-0.2, -0.15) is 0 Å². The monoisotopic (exact) mass is 331 g/mol. The lowest BCUT2D eigenvalue weighted by atomic mass is 10.0. The summed E-state index contributed by atoms with van der Waals surface area (Å²) in [6.07, 6.45) is 3.84. The first-order chi connectivity index (χ1) is 10.0. The van der Waals surface area contributed by atoms with Gasteiger partial charge in [0.1, 0.15) is 0 Å². The van der Waals surface area contributed by atoms with Gasteiger partial charge < -0.3 is 16.8 Å². The minimum Gasteiger partial charge on any atom is -0.369 e. The van der Waals surface area contributed by atoms with Gasteiger partial charge in [-0.3, -0.25) is 4.79 Å². The number of amides is 1. The Morgan fingerprint density at radius 1 is 1.14 bits per heavy atom. The Hall–Kier alpha value is -0.810. The van der Waals surface area contributed by atoms with Crippen LogP contribution in [0.25, 0.3) is 0 Å². The minimum atomic E-state index is -0.298. The van der Waals surface area contributed by atoms with Gasteiger partial charge in [0.15, 0.2) is 0 Å². The number of carbonyl (C=O) groups excluding carboxylic acids is 1. The molecule has 0 saturated carbocycles. The van der Waals surface area contributed by atoms with Crippen LogP contribution < -0.4 is 16.8 Å². The molecular weight excluding hydrogens is 309 g/mol. The van der Waals surface area contributed by atoms with E-state index in [1.165, 1.54) is 0 Å². The molecule has 1 aromatic carbocycles. The Morgan fingerprint density at radius 2 is 1.81 bits per heavy atom. The van der Waals surface area contributed by atoms with Gasteiger partial charge in [-0.05, 0) is 43.1 Å². The van der Waals surface area contributed by atoms with Gasteiger partial charge in [0.2, 0.25) is 5.91 Å². The summed E-state index contributed by atoms with van der Waals surface area (Å²) >= 11 is 11.9. The first-order valence-corrected chi connectivity index (χ1v) is 7.93. The van der Waals surface area contributed by atoms with Crippen molar-refractivity contribution in [3.63, 3.8) is 0 Å². The molecule has 0 saturated heterocycles. The summed E-state index contributed by atoms with van der Waals surface area (Å²) < 4.78 is 0. The van der Waals surface area contributed by atoms with Gasteiger partial charge >= 0.3 is 0 Å². The molecule has 0 bridgehead atoms. The van der Waals surface area contributed by atoms with E-state index in [9.17, 15) is 4.79 Å². The van der Waals surface area contributed by atoms with E-state index in [1.807, 2.05) is 12.1 Å². The number of unbranched alkanes of at least 4 members (excludes halogenated alkanes) is 2. The molecule has 1 aromatic rings. The van der Waals surface area contributed by atoms with Gasteiger partial charge in [-0.25, -0.2) is 0 Å². The highest BCUT2D eigenvalue weighted by molar-refractivity contribution is 6.34. The van der Waals surface area contributed by atoms with Crippen LogP contribution in [0.3, 0.4) is 0 Å². The molecule has 0 aliphatic heterocycles. The lowest BCUT2D eigenvalue weighted by Crippen LogP contribution is -2.29. The molecule has 1 atom stereocenters. The Balaban J connectivity index is 2.11. The SMILES string of the molecule is NCC(CCCCCNCc1cc(Cl)cc(Cl)c1)C(N)=O. The van der Waals surface area contributed by atoms with Gasteiger partial charge in [0.25, 0.3) is 0 Å². The predicted molar refractivity (Wildman–Crippen MR) is 88.4 cm³/mol. The standard InChI is InChI=1S/C15H23Cl2N3O/c16-13-6-11(7-14(17)8-13)10-20-5-3-1-2-4-12(9-18)15(19)21/h6-8,12,20H,1-5,9-10,18H2,(H2,19,21). The van der Waals surface area contributed by atoms with Crippen LogP contribution in [0.5, 0.6) is 0 Å². The fourth-order valence-corrected chi connectivity index (χ4v) is 2.71. The van der Waals surface area contributed by atoms with Crippen LogP contribution in [-0.4, -0.2) is 19.0 Å². The molecule has 118 valence electrons. The third-order valence-corrected chi connectivity index (χ3v) is 3.78. The molecule has 0 aliphatic rings. The normalized spacial score (nSPS) is 12.3. The molecule has 6 heteroatoms. The summed E-state index contributed by atoms with van der Waals surface area (Å²) in [5, 5.41) is 4.65. The zero-order valence-electron chi connectivity index (χ0n) is 12.1. The number of nitrogens with one attached hydrogen (secondary N) is 1. The molecule has 0 spiro atoms. The van der Waals surface area contributed by atoms with Crippen molar-refractivity contribution in [2.75, 3.05) is 13.1 Å². The molecular formula is C15H23Cl2N3O. The van der Waals surface area contributed by atoms with E-state index >= 15 is 0 Å².